The van der Waals surface area contributed by atoms with Gasteiger partial charge in [-0.2, -0.15) is 0 Å². The highest BCUT2D eigenvalue weighted by molar-refractivity contribution is 5.89. The highest BCUT2D eigenvalue weighted by atomic mass is 19.4. The fourth-order valence-electron chi connectivity index (χ4n) is 1.50. The number of esters is 1. The number of nitrogens with two attached hydrogens (primary N) is 1. The summed E-state index contributed by atoms with van der Waals surface area (Å²) in [4.78, 5) is 11.6. The fourth-order valence-corrected chi connectivity index (χ4v) is 1.50. The molecule has 0 aromatic carbocycles. The predicted molar refractivity (Wildman–Crippen MR) is 61.4 cm³/mol. The SMILES string of the molecule is CCCn1cc(N)cc1C(=O)OCCOC(F)(F)F. The normalized spacial score (nSPS) is 11.6. The van der Waals surface area contributed by atoms with Crippen molar-refractivity contribution in [2.75, 3.05) is 18.9 Å². The Balaban J connectivity index is 2.49. The first-order valence-electron chi connectivity index (χ1n) is 5.67. The quantitative estimate of drug-likeness (QED) is 0.640. The summed E-state index contributed by atoms with van der Waals surface area (Å²) in [5.74, 6) is -0.726. The summed E-state index contributed by atoms with van der Waals surface area (Å²) >= 11 is 0. The van der Waals surface area contributed by atoms with E-state index >= 15 is 0 Å². The largest absolute Gasteiger partial charge is 0.522 e. The lowest BCUT2D eigenvalue weighted by atomic mass is 10.4. The van der Waals surface area contributed by atoms with E-state index in [0.717, 1.165) is 6.42 Å². The molecule has 1 heterocycles. The van der Waals surface area contributed by atoms with E-state index in [1.807, 2.05) is 6.92 Å². The summed E-state index contributed by atoms with van der Waals surface area (Å²) in [5, 5.41) is 0. The number of aromatic nitrogens is 1. The maximum absolute atomic E-state index is 11.7. The third-order valence-electron chi connectivity index (χ3n) is 2.17. The van der Waals surface area contributed by atoms with Crippen LogP contribution in [-0.2, 0) is 16.0 Å². The molecule has 108 valence electrons. The number of aryl methyl sites for hydroxylation is 1. The van der Waals surface area contributed by atoms with Crippen LogP contribution in [0.1, 0.15) is 23.8 Å². The lowest BCUT2D eigenvalue weighted by Crippen LogP contribution is -2.19. The number of anilines is 1. The summed E-state index contributed by atoms with van der Waals surface area (Å²) in [6.07, 6.45) is -2.36. The molecule has 0 radical (unpaired) electrons. The minimum Gasteiger partial charge on any atom is -0.459 e. The van der Waals surface area contributed by atoms with Crippen LogP contribution in [0.4, 0.5) is 18.9 Å². The summed E-state index contributed by atoms with van der Waals surface area (Å²) in [5.41, 5.74) is 6.17. The Kier molecular flexibility index (Phi) is 5.22. The van der Waals surface area contributed by atoms with Gasteiger partial charge in [0.1, 0.15) is 12.3 Å². The second-order valence-corrected chi connectivity index (χ2v) is 3.78. The van der Waals surface area contributed by atoms with E-state index in [1.165, 1.54) is 6.07 Å². The number of nitrogens with zero attached hydrogens (tertiary/aromatic N) is 1. The Morgan fingerprint density at radius 2 is 2.11 bits per heavy atom. The zero-order valence-corrected chi connectivity index (χ0v) is 10.4. The third kappa shape index (κ3) is 5.21. The number of hydrogen-bond donors (Lipinski definition) is 1. The van der Waals surface area contributed by atoms with E-state index in [4.69, 9.17) is 5.73 Å². The van der Waals surface area contributed by atoms with Crippen LogP contribution in [-0.4, -0.2) is 30.1 Å². The number of nitrogen functional groups attached to an aromatic ring is 1. The highest BCUT2D eigenvalue weighted by Gasteiger charge is 2.28. The van der Waals surface area contributed by atoms with Gasteiger partial charge in [-0.1, -0.05) is 6.92 Å². The maximum atomic E-state index is 11.7. The molecule has 0 saturated carbocycles. The van der Waals surface area contributed by atoms with Gasteiger partial charge in [0.2, 0.25) is 0 Å². The Bertz CT molecular complexity index is 429. The van der Waals surface area contributed by atoms with Gasteiger partial charge in [0.05, 0.1) is 12.3 Å². The van der Waals surface area contributed by atoms with Gasteiger partial charge < -0.3 is 15.0 Å². The lowest BCUT2D eigenvalue weighted by molar-refractivity contribution is -0.326. The van der Waals surface area contributed by atoms with Gasteiger partial charge in [0, 0.05) is 12.7 Å². The van der Waals surface area contributed by atoms with Gasteiger partial charge in [0.25, 0.3) is 0 Å². The molecule has 0 atom stereocenters. The van der Waals surface area contributed by atoms with Gasteiger partial charge >= 0.3 is 12.3 Å². The zero-order chi connectivity index (χ0) is 14.5. The first-order valence-corrected chi connectivity index (χ1v) is 5.67. The van der Waals surface area contributed by atoms with Crippen LogP contribution in [0.15, 0.2) is 12.3 Å². The number of hydrogen-bond acceptors (Lipinski definition) is 4. The van der Waals surface area contributed by atoms with Crippen LogP contribution in [0, 0.1) is 0 Å². The molecule has 0 amide bonds. The van der Waals surface area contributed by atoms with Crippen LogP contribution in [0.3, 0.4) is 0 Å². The number of rotatable bonds is 6. The van der Waals surface area contributed by atoms with Crippen LogP contribution in [0.25, 0.3) is 0 Å². The van der Waals surface area contributed by atoms with Crippen LogP contribution in [0.5, 0.6) is 0 Å². The number of carbonyl (C=O) groups is 1. The average molecular weight is 280 g/mol. The molecule has 0 fully saturated rings. The second kappa shape index (κ2) is 6.46. The first kappa shape index (κ1) is 15.4. The Labute approximate surface area is 108 Å². The zero-order valence-electron chi connectivity index (χ0n) is 10.4. The van der Waals surface area contributed by atoms with Crippen molar-refractivity contribution in [3.8, 4) is 0 Å². The van der Waals surface area contributed by atoms with E-state index in [1.54, 1.807) is 10.8 Å². The van der Waals surface area contributed by atoms with Crippen molar-refractivity contribution in [2.24, 2.45) is 0 Å². The molecule has 1 rings (SSSR count). The lowest BCUT2D eigenvalue weighted by Gasteiger charge is -2.09. The van der Waals surface area contributed by atoms with Crippen LogP contribution in [0.2, 0.25) is 0 Å². The van der Waals surface area contributed by atoms with Gasteiger partial charge in [-0.25, -0.2) is 4.79 Å². The number of halogens is 3. The number of carbonyl (C=O) groups excluding carboxylic acids is 1. The van der Waals surface area contributed by atoms with E-state index in [0.29, 0.717) is 12.2 Å². The summed E-state index contributed by atoms with van der Waals surface area (Å²) in [6, 6.07) is 1.42. The van der Waals surface area contributed by atoms with Crippen molar-refractivity contribution in [1.82, 2.24) is 4.57 Å². The second-order valence-electron chi connectivity index (χ2n) is 3.78. The van der Waals surface area contributed by atoms with E-state index in [2.05, 4.69) is 9.47 Å². The van der Waals surface area contributed by atoms with Gasteiger partial charge in [-0.15, -0.1) is 13.2 Å². The molecular formula is C11H15F3N2O3. The monoisotopic (exact) mass is 280 g/mol. The molecule has 2 N–H and O–H groups in total. The minimum absolute atomic E-state index is 0.214. The molecule has 1 aromatic heterocycles. The smallest absolute Gasteiger partial charge is 0.459 e. The standard InChI is InChI=1S/C11H15F3N2O3/c1-2-3-16-7-8(15)6-9(16)10(17)18-4-5-19-11(12,13)14/h6-7H,2-5,15H2,1H3. The first-order chi connectivity index (χ1) is 8.83. The molecule has 0 aliphatic heterocycles. The fraction of sp³-hybridized carbons (Fsp3) is 0.545. The Hall–Kier alpha value is -1.70. The van der Waals surface area contributed by atoms with Gasteiger partial charge in [-0.05, 0) is 12.5 Å². The van der Waals surface area contributed by atoms with Gasteiger partial charge in [0.15, 0.2) is 0 Å². The van der Waals surface area contributed by atoms with Crippen molar-refractivity contribution in [3.05, 3.63) is 18.0 Å². The molecule has 19 heavy (non-hydrogen) atoms. The van der Waals surface area contributed by atoms with Crippen molar-refractivity contribution < 1.29 is 27.4 Å². The third-order valence-corrected chi connectivity index (χ3v) is 2.17. The number of alkyl halides is 3. The Morgan fingerprint density at radius 1 is 1.42 bits per heavy atom. The van der Waals surface area contributed by atoms with Crippen molar-refractivity contribution in [3.63, 3.8) is 0 Å². The van der Waals surface area contributed by atoms with Gasteiger partial charge in [-0.3, -0.25) is 4.74 Å². The van der Waals surface area contributed by atoms with Crippen molar-refractivity contribution >= 4 is 11.7 Å². The van der Waals surface area contributed by atoms with E-state index < -0.39 is 25.5 Å². The molecule has 0 aliphatic carbocycles. The van der Waals surface area contributed by atoms with E-state index in [9.17, 15) is 18.0 Å². The summed E-state index contributed by atoms with van der Waals surface area (Å²) in [6.45, 7) is 1.28. The predicted octanol–water partition coefficient (Wildman–Crippen LogP) is 2.17. The van der Waals surface area contributed by atoms with Crippen molar-refractivity contribution in [2.45, 2.75) is 26.3 Å². The maximum Gasteiger partial charge on any atom is 0.522 e. The minimum atomic E-state index is -4.72. The number of ether oxygens (including phenoxy) is 2. The average Bonchev–Trinajstić information content (AvgIpc) is 2.65. The van der Waals surface area contributed by atoms with Crippen LogP contribution >= 0.6 is 0 Å². The molecule has 0 aliphatic rings. The molecule has 0 spiro atoms. The summed E-state index contributed by atoms with van der Waals surface area (Å²) in [7, 11) is 0. The topological polar surface area (TPSA) is 66.5 Å². The Morgan fingerprint density at radius 3 is 2.68 bits per heavy atom. The molecule has 0 saturated heterocycles. The highest BCUT2D eigenvalue weighted by Crippen LogP contribution is 2.16. The van der Waals surface area contributed by atoms with E-state index in [-0.39, 0.29) is 5.69 Å². The van der Waals surface area contributed by atoms with Crippen LogP contribution < -0.4 is 5.73 Å². The molecule has 8 heteroatoms. The molecule has 0 bridgehead atoms. The molecule has 5 nitrogen and oxygen atoms in total. The molecule has 0 unspecified atom stereocenters. The summed E-state index contributed by atoms with van der Waals surface area (Å²) < 4.78 is 44.8. The molecule has 1 aromatic rings. The molecular weight excluding hydrogens is 265 g/mol. The van der Waals surface area contributed by atoms with Crippen molar-refractivity contribution in [1.29, 1.82) is 0 Å².